The minimum Gasteiger partial charge on any atom is -0.509 e. The maximum absolute atomic E-state index is 6.61. The van der Waals surface area contributed by atoms with Crippen molar-refractivity contribution >= 4 is 65.4 Å². The van der Waals surface area contributed by atoms with Crippen LogP contribution in [0.15, 0.2) is 146 Å². The molecule has 0 radical (unpaired) electrons. The molecule has 6 aromatic carbocycles. The first-order chi connectivity index (χ1) is 32.5. The molecule has 69 heavy (non-hydrogen) atoms. The van der Waals surface area contributed by atoms with Crippen molar-refractivity contribution in [3.8, 4) is 40.6 Å². The average Bonchev–Trinajstić information content (AvgIpc) is 3.96. The number of nitrogens with zero attached hydrogens (tertiary/aromatic N) is 8. The molecule has 10 nitrogen and oxygen atoms in total. The minimum atomic E-state index is -0.0477. The van der Waals surface area contributed by atoms with Crippen LogP contribution in [0.25, 0.3) is 83.0 Å². The third kappa shape index (κ3) is 7.99. The number of aromatic nitrogens is 8. The van der Waals surface area contributed by atoms with Gasteiger partial charge in [-0.2, -0.15) is 35.0 Å². The number of fused-ring (bicyclic) bond motifs is 9. The first-order valence-electron chi connectivity index (χ1n) is 22.2. The van der Waals surface area contributed by atoms with Crippen LogP contribution in [-0.4, -0.2) is 38.6 Å². The monoisotopic (exact) mass is 1260 g/mol. The Morgan fingerprint density at radius 3 is 1.16 bits per heavy atom. The summed E-state index contributed by atoms with van der Waals surface area (Å²) in [5, 5.41) is 6.15. The second-order valence-corrected chi connectivity index (χ2v) is 18.8. The molecule has 0 amide bonds. The molecule has 0 atom stereocenters. The van der Waals surface area contributed by atoms with Gasteiger partial charge in [-0.1, -0.05) is 100 Å². The van der Waals surface area contributed by atoms with E-state index in [0.29, 0.717) is 40.0 Å². The van der Waals surface area contributed by atoms with Crippen molar-refractivity contribution in [2.75, 3.05) is 0 Å². The molecule has 342 valence electrons. The molecule has 0 bridgehead atoms. The summed E-state index contributed by atoms with van der Waals surface area (Å²) in [4.78, 5) is 22.9. The zero-order valence-electron chi connectivity index (χ0n) is 38.4. The van der Waals surface area contributed by atoms with E-state index in [0.717, 1.165) is 66.0 Å². The van der Waals surface area contributed by atoms with Crippen molar-refractivity contribution in [1.29, 1.82) is 0 Å². The molecule has 6 heterocycles. The van der Waals surface area contributed by atoms with Gasteiger partial charge in [0.05, 0.1) is 0 Å². The van der Waals surface area contributed by atoms with Crippen LogP contribution in [0, 0.1) is 24.3 Å². The maximum Gasteiger partial charge on any atom is 2.00 e. The van der Waals surface area contributed by atoms with E-state index in [1.807, 2.05) is 53.4 Å². The van der Waals surface area contributed by atoms with E-state index in [2.05, 4.69) is 175 Å². The number of para-hydroxylation sites is 2. The minimum absolute atomic E-state index is 0. The maximum atomic E-state index is 6.61. The Morgan fingerprint density at radius 2 is 0.768 bits per heavy atom. The molecule has 6 aromatic heterocycles. The zero-order valence-corrected chi connectivity index (χ0v) is 42.9. The van der Waals surface area contributed by atoms with Crippen LogP contribution >= 0.6 is 0 Å². The fourth-order valence-corrected chi connectivity index (χ4v) is 9.09. The molecule has 12 aromatic rings. The van der Waals surface area contributed by atoms with Gasteiger partial charge >= 0.3 is 42.1 Å². The second kappa shape index (κ2) is 17.5. The van der Waals surface area contributed by atoms with E-state index in [1.165, 1.54) is 23.8 Å². The summed E-state index contributed by atoms with van der Waals surface area (Å²) in [6, 6.07) is 55.4. The average molecular weight is 1260 g/mol. The van der Waals surface area contributed by atoms with Gasteiger partial charge in [0, 0.05) is 46.4 Å². The Balaban J connectivity index is 0.00000277. The molecule has 0 saturated heterocycles. The number of pyridine rings is 2. The van der Waals surface area contributed by atoms with Crippen molar-refractivity contribution in [2.45, 2.75) is 52.4 Å². The molecule has 12 rings (SSSR count). The van der Waals surface area contributed by atoms with Crippen molar-refractivity contribution < 1.29 is 51.6 Å². The molecule has 0 unspecified atom stereocenters. The predicted molar refractivity (Wildman–Crippen MR) is 264 cm³/mol. The molecule has 12 heteroatoms. The van der Waals surface area contributed by atoms with Gasteiger partial charge in [0.2, 0.25) is 5.95 Å². The van der Waals surface area contributed by atoms with Gasteiger partial charge < -0.3 is 23.2 Å². The summed E-state index contributed by atoms with van der Waals surface area (Å²) in [5.41, 5.74) is 7.51. The van der Waals surface area contributed by atoms with Gasteiger partial charge in [0.15, 0.2) is 0 Å². The Kier molecular flexibility index (Phi) is 11.6. The molecule has 0 spiro atoms. The summed E-state index contributed by atoms with van der Waals surface area (Å²) < 4.78 is 19.5. The first-order valence-corrected chi connectivity index (χ1v) is 22.2. The second-order valence-electron chi connectivity index (χ2n) is 18.8. The SMILES string of the molecule is CC(C)(C)c1ccnc(-n2c3[c-]c(Oc4[c-]c5c(cc4)c4ccc(Oc6[c-]c7c(cc6)c6ccccc6n7-c6cc(C(C)(C)C)ccn6)[c-]c4n5-c4ncncn4)ccc3c3ccccc32)c1.[Pt+2].[Pt+2]. The number of benzene rings is 6. The molecule has 0 saturated carbocycles. The van der Waals surface area contributed by atoms with Crippen LogP contribution in [0.3, 0.4) is 0 Å². The van der Waals surface area contributed by atoms with E-state index < -0.39 is 0 Å². The number of rotatable bonds is 7. The number of hydrogen-bond acceptors (Lipinski definition) is 7. The largest absolute Gasteiger partial charge is 2.00 e. The fourth-order valence-electron chi connectivity index (χ4n) is 9.09. The molecule has 0 aliphatic heterocycles. The molecule has 0 fully saturated rings. The Hall–Kier alpha value is -6.99. The van der Waals surface area contributed by atoms with E-state index in [4.69, 9.17) is 19.4 Å². The Labute approximate surface area is 427 Å². The van der Waals surface area contributed by atoms with E-state index >= 15 is 0 Å². The summed E-state index contributed by atoms with van der Waals surface area (Å²) in [5.74, 6) is 4.11. The van der Waals surface area contributed by atoms with Crippen LogP contribution in [0.2, 0.25) is 0 Å². The summed E-state index contributed by atoms with van der Waals surface area (Å²) in [7, 11) is 0. The van der Waals surface area contributed by atoms with Crippen LogP contribution in [-0.2, 0) is 53.0 Å². The van der Waals surface area contributed by atoms with E-state index in [9.17, 15) is 0 Å². The molecule has 0 N–H and O–H groups in total. The number of hydrogen-bond donors (Lipinski definition) is 0. The van der Waals surface area contributed by atoms with Gasteiger partial charge in [-0.05, 0) is 69.1 Å². The topological polar surface area (TPSA) is 97.7 Å². The van der Waals surface area contributed by atoms with Crippen molar-refractivity contribution in [3.05, 3.63) is 182 Å². The third-order valence-corrected chi connectivity index (χ3v) is 12.4. The van der Waals surface area contributed by atoms with E-state index in [1.54, 1.807) is 0 Å². The summed E-state index contributed by atoms with van der Waals surface area (Å²) in [6.45, 7) is 13.3. The van der Waals surface area contributed by atoms with Crippen LogP contribution in [0.1, 0.15) is 52.7 Å². The Morgan fingerprint density at radius 1 is 0.406 bits per heavy atom. The van der Waals surface area contributed by atoms with Crippen molar-refractivity contribution in [2.24, 2.45) is 0 Å². The van der Waals surface area contributed by atoms with Gasteiger partial charge in [-0.3, -0.25) is 0 Å². The van der Waals surface area contributed by atoms with Crippen molar-refractivity contribution in [3.63, 3.8) is 0 Å². The van der Waals surface area contributed by atoms with Gasteiger partial charge in [0.25, 0.3) is 0 Å². The molecular weight excluding hydrogens is 1220 g/mol. The standard InChI is InChI=1S/C57H42N8O2.2Pt/c1-56(2,3)35-23-25-59-53(27-35)63-47-13-9-7-11-41(47)43-19-15-37(29-49(43)63)66-39-17-21-45-46-22-18-40(32-52(46)65(51(45)31-39)55-61-33-58-34-62-55)67-38-16-20-44-42-12-8-10-14-48(42)64(50(44)30-38)54-28-36(24-26-60-54)57(4,5)6;;/h7-28,33-34H,1-6H3;;/q-4;2*+2. The summed E-state index contributed by atoms with van der Waals surface area (Å²) in [6.07, 6.45) is 6.71. The smallest absolute Gasteiger partial charge is 0.509 e. The van der Waals surface area contributed by atoms with E-state index in [-0.39, 0.29) is 53.0 Å². The van der Waals surface area contributed by atoms with Crippen molar-refractivity contribution in [1.82, 2.24) is 38.6 Å². The van der Waals surface area contributed by atoms with Crippen LogP contribution in [0.5, 0.6) is 23.0 Å². The van der Waals surface area contributed by atoms with Gasteiger partial charge in [0.1, 0.15) is 24.3 Å². The summed E-state index contributed by atoms with van der Waals surface area (Å²) >= 11 is 0. The normalized spacial score (nSPS) is 12.0. The fraction of sp³-hybridized carbons (Fsp3) is 0.140. The van der Waals surface area contributed by atoms with Gasteiger partial charge in [-0.25, -0.2) is 24.9 Å². The molecule has 0 aliphatic carbocycles. The predicted octanol–water partition coefficient (Wildman–Crippen LogP) is 13.3. The third-order valence-electron chi connectivity index (χ3n) is 12.4. The zero-order chi connectivity index (χ0) is 45.6. The van der Waals surface area contributed by atoms with Gasteiger partial charge in [-0.15, -0.1) is 59.3 Å². The van der Waals surface area contributed by atoms with Crippen LogP contribution < -0.4 is 9.47 Å². The first kappa shape index (κ1) is 45.8. The number of ether oxygens (including phenoxy) is 2. The molecule has 0 aliphatic rings. The Bertz CT molecular complexity index is 3690. The van der Waals surface area contributed by atoms with Crippen LogP contribution in [0.4, 0.5) is 0 Å². The molecular formula is C57H42N8O2Pt2. The quantitative estimate of drug-likeness (QED) is 0.147.